The fraction of sp³-hybridized carbons (Fsp3) is 0.250. The number of rotatable bonds is 1. The van der Waals surface area contributed by atoms with Crippen LogP contribution in [-0.2, 0) is 5.41 Å². The largest absolute Gasteiger partial charge is 0.0622 e. The lowest BCUT2D eigenvalue weighted by Gasteiger charge is -2.22. The number of benzene rings is 2. The molecule has 0 aliphatic heterocycles. The van der Waals surface area contributed by atoms with Crippen molar-refractivity contribution in [2.45, 2.75) is 26.2 Å². The van der Waals surface area contributed by atoms with Crippen LogP contribution in [0.25, 0.3) is 11.1 Å². The average Bonchev–Trinajstić information content (AvgIpc) is 2.29. The summed E-state index contributed by atoms with van der Waals surface area (Å²) in [6.07, 6.45) is 0. The first-order chi connectivity index (χ1) is 8.00. The third-order valence-corrected chi connectivity index (χ3v) is 4.05. The summed E-state index contributed by atoms with van der Waals surface area (Å²) in [5.74, 6) is 0. The van der Waals surface area contributed by atoms with Crippen LogP contribution in [0.2, 0.25) is 0 Å². The second-order valence-electron chi connectivity index (χ2n) is 5.28. The van der Waals surface area contributed by atoms with Gasteiger partial charge in [0.25, 0.3) is 0 Å². The minimum Gasteiger partial charge on any atom is -0.0622 e. The topological polar surface area (TPSA) is 0 Å². The fourth-order valence-electron chi connectivity index (χ4n) is 1.95. The third-order valence-electron chi connectivity index (χ3n) is 2.89. The second kappa shape index (κ2) is 4.81. The van der Waals surface area contributed by atoms with E-state index in [0.29, 0.717) is 0 Å². The molecule has 0 atom stereocenters. The molecule has 2 aromatic carbocycles. The molecule has 0 unspecified atom stereocenters. The first-order valence-corrected chi connectivity index (χ1v) is 6.92. The molecule has 0 radical (unpaired) electrons. The molecule has 2 rings (SSSR count). The molecule has 0 aromatic heterocycles. The Morgan fingerprint density at radius 3 is 2.06 bits per heavy atom. The van der Waals surface area contributed by atoms with Gasteiger partial charge in [-0.15, -0.1) is 0 Å². The van der Waals surface area contributed by atoms with Crippen molar-refractivity contribution in [2.24, 2.45) is 0 Å². The van der Waals surface area contributed by atoms with Crippen LogP contribution in [0, 0.1) is 3.57 Å². The molecule has 0 amide bonds. The van der Waals surface area contributed by atoms with Gasteiger partial charge in [0.05, 0.1) is 0 Å². The molecule has 0 heterocycles. The van der Waals surface area contributed by atoms with Gasteiger partial charge in [0, 0.05) is 3.57 Å². The van der Waals surface area contributed by atoms with Gasteiger partial charge >= 0.3 is 0 Å². The van der Waals surface area contributed by atoms with E-state index in [1.165, 1.54) is 20.3 Å². The summed E-state index contributed by atoms with van der Waals surface area (Å²) in [4.78, 5) is 0. The molecule has 0 fully saturated rings. The maximum Gasteiger partial charge on any atom is 0.0246 e. The molecule has 0 aliphatic carbocycles. The normalized spacial score (nSPS) is 11.5. The van der Waals surface area contributed by atoms with Gasteiger partial charge in [-0.05, 0) is 44.7 Å². The molecule has 0 nitrogen and oxygen atoms in total. The van der Waals surface area contributed by atoms with Crippen molar-refractivity contribution in [3.05, 3.63) is 57.7 Å². The molecule has 0 bridgehead atoms. The Morgan fingerprint density at radius 2 is 1.47 bits per heavy atom. The van der Waals surface area contributed by atoms with Crippen molar-refractivity contribution in [2.75, 3.05) is 0 Å². The van der Waals surface area contributed by atoms with E-state index in [1.54, 1.807) is 0 Å². The molecule has 0 spiro atoms. The zero-order chi connectivity index (χ0) is 12.5. The molecule has 0 aliphatic rings. The summed E-state index contributed by atoms with van der Waals surface area (Å²) >= 11 is 2.47. The van der Waals surface area contributed by atoms with E-state index in [-0.39, 0.29) is 5.41 Å². The second-order valence-corrected chi connectivity index (χ2v) is 6.36. The Balaban J connectivity index is 2.58. The zero-order valence-electron chi connectivity index (χ0n) is 10.5. The molecule has 17 heavy (non-hydrogen) atoms. The van der Waals surface area contributed by atoms with E-state index in [2.05, 4.69) is 91.9 Å². The van der Waals surface area contributed by atoms with Crippen molar-refractivity contribution >= 4 is 22.6 Å². The van der Waals surface area contributed by atoms with Crippen LogP contribution >= 0.6 is 22.6 Å². The highest BCUT2D eigenvalue weighted by atomic mass is 127. The number of halogens is 1. The smallest absolute Gasteiger partial charge is 0.0246 e. The average molecular weight is 336 g/mol. The highest BCUT2D eigenvalue weighted by Gasteiger charge is 2.18. The summed E-state index contributed by atoms with van der Waals surface area (Å²) in [6, 6.07) is 17.2. The minimum atomic E-state index is 0.196. The fourth-order valence-corrected chi connectivity index (χ4v) is 3.43. The summed E-state index contributed by atoms with van der Waals surface area (Å²) in [6.45, 7) is 6.79. The van der Waals surface area contributed by atoms with Crippen LogP contribution in [0.3, 0.4) is 0 Å². The maximum absolute atomic E-state index is 2.47. The van der Waals surface area contributed by atoms with Gasteiger partial charge in [-0.3, -0.25) is 0 Å². The Hall–Kier alpha value is -0.830. The van der Waals surface area contributed by atoms with Gasteiger partial charge in [0.2, 0.25) is 0 Å². The summed E-state index contributed by atoms with van der Waals surface area (Å²) < 4.78 is 1.36. The quantitative estimate of drug-likeness (QED) is 0.624. The van der Waals surface area contributed by atoms with E-state index >= 15 is 0 Å². The lowest BCUT2D eigenvalue weighted by molar-refractivity contribution is 0.587. The standard InChI is InChI=1S/C16H17I/c1-16(2,3)14-11-7-10-13(15(14)17)12-8-5-4-6-9-12/h4-11H,1-3H3. The van der Waals surface area contributed by atoms with Gasteiger partial charge < -0.3 is 0 Å². The SMILES string of the molecule is CC(C)(C)c1cccc(-c2ccccc2)c1I. The molecule has 88 valence electrons. The van der Waals surface area contributed by atoms with E-state index < -0.39 is 0 Å². The van der Waals surface area contributed by atoms with Gasteiger partial charge in [-0.25, -0.2) is 0 Å². The molecule has 0 saturated carbocycles. The van der Waals surface area contributed by atoms with Gasteiger partial charge in [0.1, 0.15) is 0 Å². The zero-order valence-corrected chi connectivity index (χ0v) is 12.7. The first kappa shape index (κ1) is 12.6. The molecule has 0 N–H and O–H groups in total. The van der Waals surface area contributed by atoms with Crippen molar-refractivity contribution in [1.29, 1.82) is 0 Å². The van der Waals surface area contributed by atoms with E-state index in [4.69, 9.17) is 0 Å². The Morgan fingerprint density at radius 1 is 0.824 bits per heavy atom. The minimum absolute atomic E-state index is 0.196. The van der Waals surface area contributed by atoms with Crippen LogP contribution in [0.1, 0.15) is 26.3 Å². The Bertz CT molecular complexity index is 507. The summed E-state index contributed by atoms with van der Waals surface area (Å²) in [5.41, 5.74) is 4.24. The lowest BCUT2D eigenvalue weighted by Crippen LogP contribution is -2.13. The van der Waals surface area contributed by atoms with E-state index in [0.717, 1.165) is 0 Å². The van der Waals surface area contributed by atoms with Crippen LogP contribution in [0.5, 0.6) is 0 Å². The third kappa shape index (κ3) is 2.71. The van der Waals surface area contributed by atoms with Crippen molar-refractivity contribution in [1.82, 2.24) is 0 Å². The van der Waals surface area contributed by atoms with Crippen molar-refractivity contribution < 1.29 is 0 Å². The van der Waals surface area contributed by atoms with Crippen LogP contribution in [0.4, 0.5) is 0 Å². The van der Waals surface area contributed by atoms with E-state index in [1.807, 2.05) is 0 Å². The predicted octanol–water partition coefficient (Wildman–Crippen LogP) is 5.26. The highest BCUT2D eigenvalue weighted by Crippen LogP contribution is 2.33. The number of hydrogen-bond acceptors (Lipinski definition) is 0. The van der Waals surface area contributed by atoms with Crippen molar-refractivity contribution in [3.63, 3.8) is 0 Å². The van der Waals surface area contributed by atoms with E-state index in [9.17, 15) is 0 Å². The maximum atomic E-state index is 2.47. The van der Waals surface area contributed by atoms with Gasteiger partial charge in [-0.2, -0.15) is 0 Å². The lowest BCUT2D eigenvalue weighted by atomic mass is 9.85. The molecule has 1 heteroatoms. The number of hydrogen-bond donors (Lipinski definition) is 0. The van der Waals surface area contributed by atoms with Crippen LogP contribution in [0.15, 0.2) is 48.5 Å². The monoisotopic (exact) mass is 336 g/mol. The summed E-state index contributed by atoms with van der Waals surface area (Å²) in [5, 5.41) is 0. The Labute approximate surface area is 117 Å². The summed E-state index contributed by atoms with van der Waals surface area (Å²) in [7, 11) is 0. The van der Waals surface area contributed by atoms with Gasteiger partial charge in [0.15, 0.2) is 0 Å². The molecule has 0 saturated heterocycles. The van der Waals surface area contributed by atoms with Crippen LogP contribution < -0.4 is 0 Å². The Kier molecular flexibility index (Phi) is 3.57. The first-order valence-electron chi connectivity index (χ1n) is 5.84. The van der Waals surface area contributed by atoms with Gasteiger partial charge in [-0.1, -0.05) is 69.3 Å². The predicted molar refractivity (Wildman–Crippen MR) is 83.3 cm³/mol. The van der Waals surface area contributed by atoms with Crippen LogP contribution in [-0.4, -0.2) is 0 Å². The molecular formula is C16H17I. The molecule has 2 aromatic rings. The van der Waals surface area contributed by atoms with Crippen molar-refractivity contribution in [3.8, 4) is 11.1 Å². The molecular weight excluding hydrogens is 319 g/mol. The highest BCUT2D eigenvalue weighted by molar-refractivity contribution is 14.1.